The average molecular weight is 304 g/mol. The van der Waals surface area contributed by atoms with E-state index in [4.69, 9.17) is 4.74 Å². The zero-order chi connectivity index (χ0) is 11.4. The summed E-state index contributed by atoms with van der Waals surface area (Å²) in [5, 5.41) is 4.75. The van der Waals surface area contributed by atoms with Crippen LogP contribution in [0, 0.1) is 0 Å². The Morgan fingerprint density at radius 3 is 3.12 bits per heavy atom. The largest absolute Gasteiger partial charge is 0.376 e. The van der Waals surface area contributed by atoms with E-state index in [0.29, 0.717) is 12.1 Å². The van der Waals surface area contributed by atoms with Gasteiger partial charge in [-0.2, -0.15) is 0 Å². The van der Waals surface area contributed by atoms with Crippen molar-refractivity contribution in [3.05, 3.63) is 20.8 Å². The fourth-order valence-corrected chi connectivity index (χ4v) is 2.84. The first-order valence-corrected chi connectivity index (χ1v) is 7.07. The standard InChI is InChI=1S/C11H14BrNO2S/c12-10-5-8(7-16-10)11(14)13-6-9-3-1-2-4-15-9/h5,7,9H,1-4,6H2,(H,13,14). The number of rotatable bonds is 3. The SMILES string of the molecule is O=C(NCC1CCCCO1)c1csc(Br)c1. The van der Waals surface area contributed by atoms with Crippen LogP contribution in [0.25, 0.3) is 0 Å². The third-order valence-electron chi connectivity index (χ3n) is 2.59. The van der Waals surface area contributed by atoms with Gasteiger partial charge in [0.1, 0.15) is 0 Å². The monoisotopic (exact) mass is 303 g/mol. The van der Waals surface area contributed by atoms with Crippen molar-refractivity contribution in [1.82, 2.24) is 5.32 Å². The molecule has 0 saturated carbocycles. The summed E-state index contributed by atoms with van der Waals surface area (Å²) < 4.78 is 6.53. The molecule has 88 valence electrons. The van der Waals surface area contributed by atoms with Crippen molar-refractivity contribution in [1.29, 1.82) is 0 Å². The highest BCUT2D eigenvalue weighted by molar-refractivity contribution is 9.11. The quantitative estimate of drug-likeness (QED) is 0.932. The van der Waals surface area contributed by atoms with E-state index in [-0.39, 0.29) is 12.0 Å². The number of carbonyl (C=O) groups is 1. The summed E-state index contributed by atoms with van der Waals surface area (Å²) in [6.45, 7) is 1.44. The second-order valence-corrected chi connectivity index (χ2v) is 6.13. The maximum absolute atomic E-state index is 11.7. The number of halogens is 1. The van der Waals surface area contributed by atoms with Crippen LogP contribution in [0.15, 0.2) is 15.2 Å². The van der Waals surface area contributed by atoms with E-state index >= 15 is 0 Å². The van der Waals surface area contributed by atoms with Crippen LogP contribution in [-0.2, 0) is 4.74 Å². The molecule has 0 aliphatic carbocycles. The van der Waals surface area contributed by atoms with Crippen LogP contribution in [0.4, 0.5) is 0 Å². The van der Waals surface area contributed by atoms with Gasteiger partial charge in [0, 0.05) is 18.5 Å². The molecule has 1 N–H and O–H groups in total. The van der Waals surface area contributed by atoms with Gasteiger partial charge in [0.25, 0.3) is 5.91 Å². The van der Waals surface area contributed by atoms with Crippen LogP contribution < -0.4 is 5.32 Å². The molecule has 0 spiro atoms. The van der Waals surface area contributed by atoms with Gasteiger partial charge in [0.15, 0.2) is 0 Å². The minimum Gasteiger partial charge on any atom is -0.376 e. The summed E-state index contributed by atoms with van der Waals surface area (Å²) in [6.07, 6.45) is 3.58. The molecular formula is C11H14BrNO2S. The molecule has 0 radical (unpaired) electrons. The lowest BCUT2D eigenvalue weighted by molar-refractivity contribution is 0.0169. The van der Waals surface area contributed by atoms with Gasteiger partial charge in [-0.1, -0.05) is 0 Å². The molecule has 1 aromatic rings. The second-order valence-electron chi connectivity index (χ2n) is 3.84. The Balaban J connectivity index is 1.79. The van der Waals surface area contributed by atoms with Gasteiger partial charge in [-0.05, 0) is 41.3 Å². The molecule has 1 unspecified atom stereocenters. The van der Waals surface area contributed by atoms with E-state index < -0.39 is 0 Å². The average Bonchev–Trinajstić information content (AvgIpc) is 2.74. The summed E-state index contributed by atoms with van der Waals surface area (Å²) >= 11 is 4.86. The first-order chi connectivity index (χ1) is 7.75. The highest BCUT2D eigenvalue weighted by Crippen LogP contribution is 2.20. The number of hydrogen-bond donors (Lipinski definition) is 1. The highest BCUT2D eigenvalue weighted by Gasteiger charge is 2.15. The molecule has 2 rings (SSSR count). The van der Waals surface area contributed by atoms with E-state index in [2.05, 4.69) is 21.2 Å². The van der Waals surface area contributed by atoms with Crippen LogP contribution in [0.2, 0.25) is 0 Å². The number of thiophene rings is 1. The predicted molar refractivity (Wildman–Crippen MR) is 67.9 cm³/mol. The van der Waals surface area contributed by atoms with Gasteiger partial charge in [-0.15, -0.1) is 11.3 Å². The van der Waals surface area contributed by atoms with Crippen molar-refractivity contribution >= 4 is 33.2 Å². The Labute approximate surface area is 107 Å². The summed E-state index contributed by atoms with van der Waals surface area (Å²) in [5.74, 6) is -0.0175. The molecule has 2 heterocycles. The Morgan fingerprint density at radius 1 is 1.62 bits per heavy atom. The van der Waals surface area contributed by atoms with Crippen LogP contribution >= 0.6 is 27.3 Å². The lowest BCUT2D eigenvalue weighted by atomic mass is 10.1. The molecule has 1 amide bonds. The molecule has 5 heteroatoms. The minimum absolute atomic E-state index is 0.0175. The van der Waals surface area contributed by atoms with Crippen molar-refractivity contribution in [2.45, 2.75) is 25.4 Å². The fraction of sp³-hybridized carbons (Fsp3) is 0.545. The molecular weight excluding hydrogens is 290 g/mol. The molecule has 0 aromatic carbocycles. The van der Waals surface area contributed by atoms with Gasteiger partial charge in [-0.3, -0.25) is 4.79 Å². The third-order valence-corrected chi connectivity index (χ3v) is 4.10. The number of nitrogens with one attached hydrogen (secondary N) is 1. The van der Waals surface area contributed by atoms with Gasteiger partial charge in [0.2, 0.25) is 0 Å². The van der Waals surface area contributed by atoms with E-state index in [1.165, 1.54) is 17.8 Å². The Bertz CT molecular complexity index is 361. The van der Waals surface area contributed by atoms with Gasteiger partial charge in [-0.25, -0.2) is 0 Å². The van der Waals surface area contributed by atoms with E-state index in [0.717, 1.165) is 23.2 Å². The zero-order valence-electron chi connectivity index (χ0n) is 8.87. The zero-order valence-corrected chi connectivity index (χ0v) is 11.3. The smallest absolute Gasteiger partial charge is 0.252 e. The first kappa shape index (κ1) is 12.1. The predicted octanol–water partition coefficient (Wildman–Crippen LogP) is 2.81. The topological polar surface area (TPSA) is 38.3 Å². The first-order valence-electron chi connectivity index (χ1n) is 5.39. The number of ether oxygens (including phenoxy) is 1. The molecule has 1 atom stereocenters. The van der Waals surface area contributed by atoms with Crippen molar-refractivity contribution in [2.75, 3.05) is 13.2 Å². The molecule has 1 aromatic heterocycles. The maximum Gasteiger partial charge on any atom is 0.252 e. The molecule has 1 aliphatic heterocycles. The van der Waals surface area contributed by atoms with Gasteiger partial charge >= 0.3 is 0 Å². The molecule has 1 saturated heterocycles. The minimum atomic E-state index is -0.0175. The molecule has 1 aliphatic rings. The van der Waals surface area contributed by atoms with Gasteiger partial charge < -0.3 is 10.1 Å². The normalized spacial score (nSPS) is 20.7. The highest BCUT2D eigenvalue weighted by atomic mass is 79.9. The maximum atomic E-state index is 11.7. The number of hydrogen-bond acceptors (Lipinski definition) is 3. The molecule has 3 nitrogen and oxygen atoms in total. The Morgan fingerprint density at radius 2 is 2.50 bits per heavy atom. The van der Waals surface area contributed by atoms with E-state index in [9.17, 15) is 4.79 Å². The summed E-state index contributed by atoms with van der Waals surface area (Å²) in [7, 11) is 0. The Hall–Kier alpha value is -0.390. The van der Waals surface area contributed by atoms with Crippen molar-refractivity contribution in [3.8, 4) is 0 Å². The van der Waals surface area contributed by atoms with Crippen LogP contribution in [0.1, 0.15) is 29.6 Å². The number of carbonyl (C=O) groups excluding carboxylic acids is 1. The summed E-state index contributed by atoms with van der Waals surface area (Å²) in [6, 6.07) is 1.84. The van der Waals surface area contributed by atoms with Gasteiger partial charge in [0.05, 0.1) is 15.5 Å². The second kappa shape index (κ2) is 5.80. The molecule has 1 fully saturated rings. The van der Waals surface area contributed by atoms with E-state index in [1.807, 2.05) is 11.4 Å². The Kier molecular flexibility index (Phi) is 4.37. The third kappa shape index (κ3) is 3.30. The number of amides is 1. The summed E-state index contributed by atoms with van der Waals surface area (Å²) in [4.78, 5) is 11.7. The van der Waals surface area contributed by atoms with E-state index in [1.54, 1.807) is 0 Å². The fourth-order valence-electron chi connectivity index (χ4n) is 1.71. The van der Waals surface area contributed by atoms with Crippen molar-refractivity contribution in [3.63, 3.8) is 0 Å². The molecule has 16 heavy (non-hydrogen) atoms. The van der Waals surface area contributed by atoms with Crippen molar-refractivity contribution < 1.29 is 9.53 Å². The lowest BCUT2D eigenvalue weighted by Crippen LogP contribution is -2.35. The van der Waals surface area contributed by atoms with Crippen LogP contribution in [0.5, 0.6) is 0 Å². The van der Waals surface area contributed by atoms with Crippen LogP contribution in [0.3, 0.4) is 0 Å². The van der Waals surface area contributed by atoms with Crippen molar-refractivity contribution in [2.24, 2.45) is 0 Å². The molecule has 0 bridgehead atoms. The van der Waals surface area contributed by atoms with Crippen LogP contribution in [-0.4, -0.2) is 25.2 Å². The summed E-state index contributed by atoms with van der Waals surface area (Å²) in [5.41, 5.74) is 0.715. The lowest BCUT2D eigenvalue weighted by Gasteiger charge is -2.22.